The molecular weight excluding hydrogens is 360 g/mol. The van der Waals surface area contributed by atoms with Crippen molar-refractivity contribution in [1.29, 1.82) is 0 Å². The maximum Gasteiger partial charge on any atom is 0.347 e. The van der Waals surface area contributed by atoms with Gasteiger partial charge in [0.25, 0.3) is 5.91 Å². The highest BCUT2D eigenvalue weighted by molar-refractivity contribution is 5.96. The van der Waals surface area contributed by atoms with E-state index in [9.17, 15) is 9.59 Å². The second-order valence-corrected chi connectivity index (χ2v) is 6.22. The summed E-state index contributed by atoms with van der Waals surface area (Å²) in [5, 5.41) is 3.72. The van der Waals surface area contributed by atoms with Crippen LogP contribution < -0.4 is 9.64 Å². The standard InChI is InChI=1S/C21H22N2O5/c1-26-18-10-8-16(9-11-18)13-22-28-15-21(25)27-14-20(24)23-12-4-6-17-5-2-3-7-19(17)23/h2-3,5,7-11,13H,4,6,12,14-15H2,1H3/b22-13-. The first-order valence-corrected chi connectivity index (χ1v) is 9.00. The van der Waals surface area contributed by atoms with Gasteiger partial charge < -0.3 is 19.2 Å². The Morgan fingerprint density at radius 3 is 2.68 bits per heavy atom. The number of rotatable bonds is 7. The van der Waals surface area contributed by atoms with E-state index in [4.69, 9.17) is 14.3 Å². The fraction of sp³-hybridized carbons (Fsp3) is 0.286. The third kappa shape index (κ3) is 5.09. The molecule has 146 valence electrons. The molecule has 0 bridgehead atoms. The maximum absolute atomic E-state index is 12.4. The van der Waals surface area contributed by atoms with Crippen LogP contribution in [0.1, 0.15) is 17.5 Å². The van der Waals surface area contributed by atoms with E-state index in [0.717, 1.165) is 35.4 Å². The van der Waals surface area contributed by atoms with Crippen LogP contribution in [-0.2, 0) is 25.6 Å². The average molecular weight is 382 g/mol. The van der Waals surface area contributed by atoms with E-state index < -0.39 is 5.97 Å². The zero-order valence-electron chi connectivity index (χ0n) is 15.7. The van der Waals surface area contributed by atoms with E-state index in [0.29, 0.717) is 6.54 Å². The third-order valence-corrected chi connectivity index (χ3v) is 4.34. The van der Waals surface area contributed by atoms with Crippen molar-refractivity contribution in [3.63, 3.8) is 0 Å². The van der Waals surface area contributed by atoms with Gasteiger partial charge >= 0.3 is 5.97 Å². The average Bonchev–Trinajstić information content (AvgIpc) is 2.75. The number of benzene rings is 2. The number of methoxy groups -OCH3 is 1. The predicted octanol–water partition coefficient (Wildman–Crippen LogP) is 2.57. The number of esters is 1. The number of nitrogens with zero attached hydrogens (tertiary/aromatic N) is 2. The maximum atomic E-state index is 12.4. The Kier molecular flexibility index (Phi) is 6.62. The number of carbonyl (C=O) groups excluding carboxylic acids is 2. The lowest BCUT2D eigenvalue weighted by Crippen LogP contribution is -2.38. The molecule has 2 aromatic carbocycles. The fourth-order valence-electron chi connectivity index (χ4n) is 2.93. The van der Waals surface area contributed by atoms with E-state index in [2.05, 4.69) is 5.16 Å². The molecular formula is C21H22N2O5. The van der Waals surface area contributed by atoms with Crippen LogP contribution in [0.5, 0.6) is 5.75 Å². The Hall–Kier alpha value is -3.35. The van der Waals surface area contributed by atoms with E-state index in [1.54, 1.807) is 36.3 Å². The molecule has 0 saturated heterocycles. The summed E-state index contributed by atoms with van der Waals surface area (Å²) in [5.74, 6) is -0.157. The molecule has 0 N–H and O–H groups in total. The van der Waals surface area contributed by atoms with Crippen LogP contribution in [-0.4, -0.2) is 45.0 Å². The fourth-order valence-corrected chi connectivity index (χ4v) is 2.93. The largest absolute Gasteiger partial charge is 0.497 e. The van der Waals surface area contributed by atoms with Gasteiger partial charge in [-0.05, 0) is 54.3 Å². The van der Waals surface area contributed by atoms with E-state index in [1.807, 2.05) is 24.3 Å². The van der Waals surface area contributed by atoms with Crippen LogP contribution in [0.15, 0.2) is 53.7 Å². The van der Waals surface area contributed by atoms with Crippen LogP contribution in [0.2, 0.25) is 0 Å². The van der Waals surface area contributed by atoms with Crippen molar-refractivity contribution in [1.82, 2.24) is 0 Å². The highest BCUT2D eigenvalue weighted by Gasteiger charge is 2.23. The van der Waals surface area contributed by atoms with Crippen LogP contribution in [0, 0.1) is 0 Å². The summed E-state index contributed by atoms with van der Waals surface area (Å²) in [6, 6.07) is 15.0. The zero-order valence-corrected chi connectivity index (χ0v) is 15.7. The zero-order chi connectivity index (χ0) is 19.8. The molecule has 0 atom stereocenters. The molecule has 7 nitrogen and oxygen atoms in total. The molecule has 1 amide bonds. The van der Waals surface area contributed by atoms with Crippen LogP contribution in [0.25, 0.3) is 0 Å². The molecule has 7 heteroatoms. The number of hydrogen-bond acceptors (Lipinski definition) is 6. The molecule has 0 aliphatic carbocycles. The van der Waals surface area contributed by atoms with Gasteiger partial charge in [0.15, 0.2) is 6.61 Å². The minimum atomic E-state index is -0.648. The molecule has 1 aliphatic heterocycles. The van der Waals surface area contributed by atoms with Crippen molar-refractivity contribution in [2.45, 2.75) is 12.8 Å². The summed E-state index contributed by atoms with van der Waals surface area (Å²) in [5.41, 5.74) is 2.81. The summed E-state index contributed by atoms with van der Waals surface area (Å²) in [6.45, 7) is -0.0642. The molecule has 1 heterocycles. The molecule has 0 fully saturated rings. The number of hydrogen-bond donors (Lipinski definition) is 0. The second-order valence-electron chi connectivity index (χ2n) is 6.22. The van der Waals surface area contributed by atoms with E-state index >= 15 is 0 Å². The molecule has 2 aromatic rings. The molecule has 0 saturated carbocycles. The minimum Gasteiger partial charge on any atom is -0.497 e. The SMILES string of the molecule is COc1ccc(/C=N\OCC(=O)OCC(=O)N2CCCc3ccccc32)cc1. The first kappa shape index (κ1) is 19.4. The molecule has 1 aliphatic rings. The monoisotopic (exact) mass is 382 g/mol. The van der Waals surface area contributed by atoms with Crippen molar-refractivity contribution in [2.75, 3.05) is 31.8 Å². The van der Waals surface area contributed by atoms with Gasteiger partial charge in [-0.2, -0.15) is 0 Å². The van der Waals surface area contributed by atoms with Gasteiger partial charge in [-0.15, -0.1) is 0 Å². The Morgan fingerprint density at radius 2 is 1.89 bits per heavy atom. The van der Waals surface area contributed by atoms with E-state index in [1.165, 1.54) is 6.21 Å². The number of amides is 1. The van der Waals surface area contributed by atoms with Gasteiger partial charge in [-0.1, -0.05) is 23.4 Å². The number of ether oxygens (including phenoxy) is 2. The van der Waals surface area contributed by atoms with Gasteiger partial charge in [-0.3, -0.25) is 4.79 Å². The first-order valence-electron chi connectivity index (χ1n) is 9.00. The highest BCUT2D eigenvalue weighted by atomic mass is 16.7. The smallest absolute Gasteiger partial charge is 0.347 e. The van der Waals surface area contributed by atoms with Gasteiger partial charge in [0.2, 0.25) is 6.61 Å². The summed E-state index contributed by atoms with van der Waals surface area (Å²) in [4.78, 5) is 30.8. The molecule has 0 radical (unpaired) electrons. The van der Waals surface area contributed by atoms with Gasteiger partial charge in [0.05, 0.1) is 13.3 Å². The van der Waals surface area contributed by atoms with Gasteiger partial charge in [-0.25, -0.2) is 4.79 Å². The topological polar surface area (TPSA) is 77.4 Å². The van der Waals surface area contributed by atoms with Gasteiger partial charge in [0.1, 0.15) is 5.75 Å². The summed E-state index contributed by atoms with van der Waals surface area (Å²) in [6.07, 6.45) is 3.31. The van der Waals surface area contributed by atoms with Crippen LogP contribution in [0.3, 0.4) is 0 Å². The molecule has 0 unspecified atom stereocenters. The van der Waals surface area contributed by atoms with E-state index in [-0.39, 0.29) is 19.1 Å². The number of aryl methyl sites for hydroxylation is 1. The number of carbonyl (C=O) groups is 2. The lowest BCUT2D eigenvalue weighted by Gasteiger charge is -2.29. The van der Waals surface area contributed by atoms with Gasteiger partial charge in [0, 0.05) is 12.2 Å². The lowest BCUT2D eigenvalue weighted by molar-refractivity contribution is -0.152. The number of para-hydroxylation sites is 1. The Bertz CT molecular complexity index is 848. The van der Waals surface area contributed by atoms with Crippen LogP contribution >= 0.6 is 0 Å². The Labute approximate surface area is 163 Å². The summed E-state index contributed by atoms with van der Waals surface area (Å²) in [7, 11) is 1.59. The number of oxime groups is 1. The van der Waals surface area contributed by atoms with Crippen molar-refractivity contribution in [3.8, 4) is 5.75 Å². The van der Waals surface area contributed by atoms with Crippen LogP contribution in [0.4, 0.5) is 5.69 Å². The lowest BCUT2D eigenvalue weighted by atomic mass is 10.0. The molecule has 3 rings (SSSR count). The Morgan fingerprint density at radius 1 is 1.11 bits per heavy atom. The van der Waals surface area contributed by atoms with Crippen molar-refractivity contribution in [2.24, 2.45) is 5.16 Å². The first-order chi connectivity index (χ1) is 13.7. The number of fused-ring (bicyclic) bond motifs is 1. The number of anilines is 1. The molecule has 0 spiro atoms. The summed E-state index contributed by atoms with van der Waals surface area (Å²) < 4.78 is 10.1. The van der Waals surface area contributed by atoms with Crippen molar-refractivity contribution < 1.29 is 23.9 Å². The molecule has 28 heavy (non-hydrogen) atoms. The predicted molar refractivity (Wildman–Crippen MR) is 105 cm³/mol. The second kappa shape index (κ2) is 9.55. The quantitative estimate of drug-likeness (QED) is 0.418. The molecule has 0 aromatic heterocycles. The normalized spacial score (nSPS) is 13.1. The minimum absolute atomic E-state index is 0.248. The Balaban J connectivity index is 1.42. The van der Waals surface area contributed by atoms with Crippen molar-refractivity contribution in [3.05, 3.63) is 59.7 Å². The highest BCUT2D eigenvalue weighted by Crippen LogP contribution is 2.26. The summed E-state index contributed by atoms with van der Waals surface area (Å²) >= 11 is 0. The third-order valence-electron chi connectivity index (χ3n) is 4.34. The van der Waals surface area contributed by atoms with Crippen molar-refractivity contribution >= 4 is 23.8 Å².